The number of nitrogens with one attached hydrogen (secondary N) is 2. The Labute approximate surface area is 171 Å². The van der Waals surface area contributed by atoms with E-state index in [4.69, 9.17) is 0 Å². The van der Waals surface area contributed by atoms with Crippen LogP contribution in [0.1, 0.15) is 44.7 Å². The Morgan fingerprint density at radius 3 is 2.14 bits per heavy atom. The highest BCUT2D eigenvalue weighted by Gasteiger charge is 2.24. The average molecular weight is 416 g/mol. The molecule has 29 heavy (non-hydrogen) atoms. The van der Waals surface area contributed by atoms with Gasteiger partial charge in [-0.05, 0) is 74.2 Å². The topological polar surface area (TPSA) is 95.6 Å². The second-order valence-electron chi connectivity index (χ2n) is 7.48. The number of sulfonamides is 1. The van der Waals surface area contributed by atoms with Crippen molar-refractivity contribution in [2.45, 2.75) is 37.6 Å². The molecule has 1 aliphatic carbocycles. The van der Waals surface area contributed by atoms with Crippen molar-refractivity contribution in [2.75, 3.05) is 19.4 Å². The van der Waals surface area contributed by atoms with E-state index < -0.39 is 15.9 Å². The fraction of sp³-hybridized carbons (Fsp3) is 0.333. The molecule has 0 aliphatic heterocycles. The van der Waals surface area contributed by atoms with E-state index in [0.29, 0.717) is 22.4 Å². The maximum Gasteiger partial charge on any atom is 0.255 e. The van der Waals surface area contributed by atoms with Crippen LogP contribution in [0, 0.1) is 13.8 Å². The molecule has 2 N–H and O–H groups in total. The Kier molecular flexibility index (Phi) is 5.77. The van der Waals surface area contributed by atoms with Gasteiger partial charge >= 0.3 is 0 Å². The van der Waals surface area contributed by atoms with Crippen LogP contribution >= 0.6 is 0 Å². The van der Waals surface area contributed by atoms with Crippen molar-refractivity contribution in [1.82, 2.24) is 9.62 Å². The minimum Gasteiger partial charge on any atom is -0.349 e. The van der Waals surface area contributed by atoms with Crippen LogP contribution < -0.4 is 10.6 Å². The zero-order valence-corrected chi connectivity index (χ0v) is 17.8. The van der Waals surface area contributed by atoms with Crippen LogP contribution in [0.2, 0.25) is 0 Å². The summed E-state index contributed by atoms with van der Waals surface area (Å²) in [5.41, 5.74) is 2.63. The molecular formula is C21H25N3O4S. The summed E-state index contributed by atoms with van der Waals surface area (Å²) in [5, 5.41) is 5.66. The Morgan fingerprint density at radius 2 is 1.59 bits per heavy atom. The molecule has 0 bridgehead atoms. The number of benzene rings is 2. The van der Waals surface area contributed by atoms with Crippen molar-refractivity contribution in [3.63, 3.8) is 0 Å². The normalized spacial score (nSPS) is 14.0. The van der Waals surface area contributed by atoms with Crippen LogP contribution in [0.4, 0.5) is 5.69 Å². The highest BCUT2D eigenvalue weighted by Crippen LogP contribution is 2.24. The molecule has 7 nitrogen and oxygen atoms in total. The van der Waals surface area contributed by atoms with Crippen LogP contribution in [0.25, 0.3) is 0 Å². The van der Waals surface area contributed by atoms with Gasteiger partial charge in [-0.15, -0.1) is 0 Å². The summed E-state index contributed by atoms with van der Waals surface area (Å²) in [4.78, 5) is 24.9. The van der Waals surface area contributed by atoms with E-state index in [-0.39, 0.29) is 22.4 Å². The molecule has 2 aromatic carbocycles. The third kappa shape index (κ3) is 4.65. The lowest BCUT2D eigenvalue weighted by Crippen LogP contribution is -2.25. The van der Waals surface area contributed by atoms with Gasteiger partial charge in [-0.25, -0.2) is 12.7 Å². The van der Waals surface area contributed by atoms with Gasteiger partial charge in [-0.1, -0.05) is 0 Å². The van der Waals surface area contributed by atoms with Gasteiger partial charge in [-0.3, -0.25) is 9.59 Å². The molecule has 0 spiro atoms. The Morgan fingerprint density at radius 1 is 0.966 bits per heavy atom. The van der Waals surface area contributed by atoms with Gasteiger partial charge in [0, 0.05) is 37.0 Å². The third-order valence-electron chi connectivity index (χ3n) is 4.96. The number of anilines is 1. The number of hydrogen-bond acceptors (Lipinski definition) is 4. The standard InChI is InChI=1S/C21H25N3O4S/c1-13-11-16(12-19(14(13)2)29(27,28)24(3)4)21(26)23-17-7-5-15(6-8-17)20(25)22-18-9-10-18/h5-8,11-12,18H,9-10H2,1-4H3,(H,22,25)(H,23,26). The molecule has 2 aromatic rings. The maximum absolute atomic E-state index is 12.7. The van der Waals surface area contributed by atoms with Gasteiger partial charge in [0.15, 0.2) is 0 Å². The highest BCUT2D eigenvalue weighted by atomic mass is 32.2. The van der Waals surface area contributed by atoms with E-state index in [1.807, 2.05) is 0 Å². The van der Waals surface area contributed by atoms with Crippen LogP contribution in [0.5, 0.6) is 0 Å². The summed E-state index contributed by atoms with van der Waals surface area (Å²) in [6.45, 7) is 3.49. The number of rotatable bonds is 6. The van der Waals surface area contributed by atoms with E-state index >= 15 is 0 Å². The summed E-state index contributed by atoms with van der Waals surface area (Å²) < 4.78 is 26.3. The first-order valence-electron chi connectivity index (χ1n) is 9.35. The lowest BCUT2D eigenvalue weighted by molar-refractivity contribution is 0.0950. The molecule has 0 unspecified atom stereocenters. The molecule has 1 saturated carbocycles. The minimum atomic E-state index is -3.67. The lowest BCUT2D eigenvalue weighted by Gasteiger charge is -2.16. The van der Waals surface area contributed by atoms with Crippen molar-refractivity contribution in [3.8, 4) is 0 Å². The quantitative estimate of drug-likeness (QED) is 0.758. The first kappa shape index (κ1) is 21.0. The van der Waals surface area contributed by atoms with E-state index in [9.17, 15) is 18.0 Å². The van der Waals surface area contributed by atoms with Gasteiger partial charge in [0.05, 0.1) is 4.90 Å². The highest BCUT2D eigenvalue weighted by molar-refractivity contribution is 7.89. The van der Waals surface area contributed by atoms with E-state index in [0.717, 1.165) is 17.1 Å². The van der Waals surface area contributed by atoms with Gasteiger partial charge in [0.25, 0.3) is 11.8 Å². The third-order valence-corrected chi connectivity index (χ3v) is 6.90. The van der Waals surface area contributed by atoms with Crippen molar-refractivity contribution >= 4 is 27.5 Å². The SMILES string of the molecule is Cc1cc(C(=O)Nc2ccc(C(=O)NC3CC3)cc2)cc(S(=O)(=O)N(C)C)c1C. The van der Waals surface area contributed by atoms with Gasteiger partial charge in [-0.2, -0.15) is 0 Å². The fourth-order valence-corrected chi connectivity index (χ4v) is 4.04. The van der Waals surface area contributed by atoms with Crippen molar-refractivity contribution in [3.05, 3.63) is 58.7 Å². The summed E-state index contributed by atoms with van der Waals surface area (Å²) in [6, 6.07) is 9.93. The summed E-state index contributed by atoms with van der Waals surface area (Å²) in [6.07, 6.45) is 2.03. The number of carbonyl (C=O) groups is 2. The maximum atomic E-state index is 12.7. The van der Waals surface area contributed by atoms with Crippen molar-refractivity contribution in [1.29, 1.82) is 0 Å². The number of amides is 2. The van der Waals surface area contributed by atoms with Crippen molar-refractivity contribution in [2.24, 2.45) is 0 Å². The van der Waals surface area contributed by atoms with E-state index in [2.05, 4.69) is 10.6 Å². The summed E-state index contributed by atoms with van der Waals surface area (Å²) in [7, 11) is -0.758. The molecule has 0 radical (unpaired) electrons. The molecule has 2 amide bonds. The van der Waals surface area contributed by atoms with E-state index in [1.54, 1.807) is 44.2 Å². The predicted molar refractivity (Wildman–Crippen MR) is 112 cm³/mol. The molecule has 0 heterocycles. The van der Waals surface area contributed by atoms with E-state index in [1.165, 1.54) is 20.2 Å². The Hall–Kier alpha value is -2.71. The molecule has 0 saturated heterocycles. The van der Waals surface area contributed by atoms with Gasteiger partial charge in [0.2, 0.25) is 10.0 Å². The first-order chi connectivity index (χ1) is 13.6. The summed E-state index contributed by atoms with van der Waals surface area (Å²) >= 11 is 0. The molecule has 154 valence electrons. The number of carbonyl (C=O) groups excluding carboxylic acids is 2. The molecule has 0 atom stereocenters. The number of hydrogen-bond donors (Lipinski definition) is 2. The van der Waals surface area contributed by atoms with Crippen LogP contribution in [-0.2, 0) is 10.0 Å². The Balaban J connectivity index is 1.80. The molecule has 1 fully saturated rings. The molecule has 8 heteroatoms. The van der Waals surface area contributed by atoms with Gasteiger partial charge < -0.3 is 10.6 Å². The number of nitrogens with zero attached hydrogens (tertiary/aromatic N) is 1. The van der Waals surface area contributed by atoms with Crippen LogP contribution in [0.15, 0.2) is 41.3 Å². The number of aryl methyl sites for hydroxylation is 1. The van der Waals surface area contributed by atoms with Crippen molar-refractivity contribution < 1.29 is 18.0 Å². The zero-order chi connectivity index (χ0) is 21.3. The minimum absolute atomic E-state index is 0.111. The molecule has 1 aliphatic rings. The second kappa shape index (κ2) is 7.96. The zero-order valence-electron chi connectivity index (χ0n) is 16.9. The average Bonchev–Trinajstić information content (AvgIpc) is 3.47. The van der Waals surface area contributed by atoms with Crippen LogP contribution in [0.3, 0.4) is 0 Å². The first-order valence-corrected chi connectivity index (χ1v) is 10.8. The molecular weight excluding hydrogens is 390 g/mol. The predicted octanol–water partition coefficient (Wildman–Crippen LogP) is 2.70. The second-order valence-corrected chi connectivity index (χ2v) is 9.60. The summed E-state index contributed by atoms with van der Waals surface area (Å²) in [5.74, 6) is -0.545. The molecule has 3 rings (SSSR count). The van der Waals surface area contributed by atoms with Gasteiger partial charge in [0.1, 0.15) is 0 Å². The largest absolute Gasteiger partial charge is 0.349 e. The fourth-order valence-electron chi connectivity index (χ4n) is 2.83. The smallest absolute Gasteiger partial charge is 0.255 e. The van der Waals surface area contributed by atoms with Crippen LogP contribution in [-0.4, -0.2) is 44.7 Å². The molecule has 0 aromatic heterocycles. The monoisotopic (exact) mass is 415 g/mol. The lowest BCUT2D eigenvalue weighted by atomic mass is 10.1. The Bertz CT molecular complexity index is 1060.